The van der Waals surface area contributed by atoms with Crippen molar-refractivity contribution in [3.05, 3.63) is 29.8 Å². The van der Waals surface area contributed by atoms with Gasteiger partial charge in [0.2, 0.25) is 11.9 Å². The molecule has 1 aromatic heterocycles. The number of nitrogens with two attached hydrogens (primary N) is 1. The first-order valence-corrected chi connectivity index (χ1v) is 8.60. The molecule has 23 heavy (non-hydrogen) atoms. The maximum absolute atomic E-state index is 12.7. The van der Waals surface area contributed by atoms with Gasteiger partial charge in [-0.15, -0.1) is 10.2 Å². The third-order valence-corrected chi connectivity index (χ3v) is 5.17. The highest BCUT2D eigenvalue weighted by Gasteiger charge is 2.34. The molecule has 6 nitrogen and oxygen atoms in total. The molecule has 0 aliphatic carbocycles. The molecule has 1 fully saturated rings. The van der Waals surface area contributed by atoms with Crippen molar-refractivity contribution in [2.45, 2.75) is 43.6 Å². The van der Waals surface area contributed by atoms with E-state index in [0.717, 1.165) is 18.7 Å². The second-order valence-electron chi connectivity index (χ2n) is 6.03. The molecule has 7 heteroatoms. The Kier molecular flexibility index (Phi) is 4.30. The molecule has 1 saturated heterocycles. The lowest BCUT2D eigenvalue weighted by atomic mass is 10.2. The molecule has 1 unspecified atom stereocenters. The minimum absolute atomic E-state index is 0.121. The summed E-state index contributed by atoms with van der Waals surface area (Å²) < 4.78 is 1.87. The summed E-state index contributed by atoms with van der Waals surface area (Å²) in [6.45, 7) is 6.82. The van der Waals surface area contributed by atoms with Gasteiger partial charge in [-0.3, -0.25) is 9.36 Å². The van der Waals surface area contributed by atoms with Crippen molar-refractivity contribution in [1.82, 2.24) is 14.8 Å². The number of aromatic nitrogens is 3. The number of carbonyl (C=O) groups excluding carboxylic acids is 1. The van der Waals surface area contributed by atoms with Crippen molar-refractivity contribution in [2.75, 3.05) is 17.2 Å². The quantitative estimate of drug-likeness (QED) is 0.932. The minimum atomic E-state index is -0.141. The molecule has 3 rings (SSSR count). The first kappa shape index (κ1) is 15.9. The molecule has 2 aromatic rings. The maximum Gasteiger partial charge on any atom is 0.240 e. The van der Waals surface area contributed by atoms with Crippen molar-refractivity contribution in [1.29, 1.82) is 0 Å². The maximum atomic E-state index is 12.7. The smallest absolute Gasteiger partial charge is 0.240 e. The molecule has 0 bridgehead atoms. The van der Waals surface area contributed by atoms with Crippen molar-refractivity contribution in [2.24, 2.45) is 0 Å². The number of rotatable bonds is 4. The largest absolute Gasteiger partial charge is 0.368 e. The van der Waals surface area contributed by atoms with Crippen molar-refractivity contribution >= 4 is 29.3 Å². The normalized spacial score (nSPS) is 18.2. The van der Waals surface area contributed by atoms with Gasteiger partial charge in [-0.2, -0.15) is 0 Å². The van der Waals surface area contributed by atoms with Crippen LogP contribution in [0, 0.1) is 6.92 Å². The van der Waals surface area contributed by atoms with E-state index in [-0.39, 0.29) is 17.2 Å². The fourth-order valence-corrected chi connectivity index (χ4v) is 3.94. The van der Waals surface area contributed by atoms with Gasteiger partial charge < -0.3 is 10.6 Å². The number of thioether (sulfide) groups is 1. The van der Waals surface area contributed by atoms with Gasteiger partial charge in [-0.25, -0.2) is 0 Å². The molecule has 1 atom stereocenters. The van der Waals surface area contributed by atoms with E-state index in [1.54, 1.807) is 0 Å². The minimum Gasteiger partial charge on any atom is -0.368 e. The first-order chi connectivity index (χ1) is 11.0. The molecule has 122 valence electrons. The lowest BCUT2D eigenvalue weighted by molar-refractivity contribution is -0.116. The van der Waals surface area contributed by atoms with Crippen molar-refractivity contribution in [3.63, 3.8) is 0 Å². The standard InChI is InChI=1S/C16H21N5OS/c1-10(2)21-15(17)18-19-16(21)23-13-8-9-20(14(13)22)12-6-4-11(3)5-7-12/h4-7,10,13H,8-9H2,1-3H3,(H2,17,18). The SMILES string of the molecule is Cc1ccc(N2CCC(Sc3nnc(N)n3C(C)C)C2=O)cc1. The van der Waals surface area contributed by atoms with Crippen LogP contribution in [0.4, 0.5) is 11.6 Å². The van der Waals surface area contributed by atoms with Crippen LogP contribution in [0.5, 0.6) is 0 Å². The summed E-state index contributed by atoms with van der Waals surface area (Å²) in [7, 11) is 0. The second kappa shape index (κ2) is 6.23. The molecule has 1 amide bonds. The van der Waals surface area contributed by atoms with E-state index < -0.39 is 0 Å². The third kappa shape index (κ3) is 3.06. The molecule has 1 aromatic carbocycles. The highest BCUT2D eigenvalue weighted by Crippen LogP contribution is 2.34. The first-order valence-electron chi connectivity index (χ1n) is 7.72. The Morgan fingerprint density at radius 3 is 2.61 bits per heavy atom. The van der Waals surface area contributed by atoms with Crippen LogP contribution < -0.4 is 10.6 Å². The number of aryl methyl sites for hydroxylation is 1. The van der Waals surface area contributed by atoms with Crippen LogP contribution in [0.15, 0.2) is 29.4 Å². The van der Waals surface area contributed by atoms with Gasteiger partial charge in [-0.1, -0.05) is 29.5 Å². The van der Waals surface area contributed by atoms with Crippen molar-refractivity contribution in [3.8, 4) is 0 Å². The summed E-state index contributed by atoms with van der Waals surface area (Å²) in [4.78, 5) is 14.5. The van der Waals surface area contributed by atoms with Crippen LogP contribution in [-0.2, 0) is 4.79 Å². The highest BCUT2D eigenvalue weighted by molar-refractivity contribution is 8.00. The zero-order chi connectivity index (χ0) is 16.6. The summed E-state index contributed by atoms with van der Waals surface area (Å²) in [5.74, 6) is 0.513. The number of nitrogen functional groups attached to an aromatic ring is 1. The van der Waals surface area contributed by atoms with E-state index in [0.29, 0.717) is 11.1 Å². The van der Waals surface area contributed by atoms with Gasteiger partial charge in [0, 0.05) is 18.3 Å². The Bertz CT molecular complexity index is 710. The van der Waals surface area contributed by atoms with E-state index in [4.69, 9.17) is 5.73 Å². The zero-order valence-corrected chi connectivity index (χ0v) is 14.4. The van der Waals surface area contributed by atoms with E-state index in [9.17, 15) is 4.79 Å². The molecular weight excluding hydrogens is 310 g/mol. The molecular formula is C16H21N5OS. The second-order valence-corrected chi connectivity index (χ2v) is 7.20. The summed E-state index contributed by atoms with van der Waals surface area (Å²) >= 11 is 1.45. The average molecular weight is 331 g/mol. The van der Waals surface area contributed by atoms with Gasteiger partial charge in [0.15, 0.2) is 5.16 Å². The topological polar surface area (TPSA) is 77.0 Å². The van der Waals surface area contributed by atoms with Crippen LogP contribution in [0.3, 0.4) is 0 Å². The molecule has 0 radical (unpaired) electrons. The predicted molar refractivity (Wildman–Crippen MR) is 92.6 cm³/mol. The van der Waals surface area contributed by atoms with E-state index in [2.05, 4.69) is 10.2 Å². The summed E-state index contributed by atoms with van der Waals surface area (Å²) in [5, 5.41) is 8.63. The zero-order valence-electron chi connectivity index (χ0n) is 13.6. The molecule has 1 aliphatic heterocycles. The van der Waals surface area contributed by atoms with Crippen LogP contribution >= 0.6 is 11.8 Å². The molecule has 0 saturated carbocycles. The summed E-state index contributed by atoms with van der Waals surface area (Å²) in [5.41, 5.74) is 8.00. The summed E-state index contributed by atoms with van der Waals surface area (Å²) in [6, 6.07) is 8.21. The average Bonchev–Trinajstić information content (AvgIpc) is 3.05. The number of benzene rings is 1. The van der Waals surface area contributed by atoms with Gasteiger partial charge in [0.25, 0.3) is 0 Å². The lowest BCUT2D eigenvalue weighted by Gasteiger charge is -2.17. The molecule has 2 N–H and O–H groups in total. The highest BCUT2D eigenvalue weighted by atomic mass is 32.2. The summed E-state index contributed by atoms with van der Waals surface area (Å²) in [6.07, 6.45) is 0.794. The van der Waals surface area contributed by atoms with Crippen molar-refractivity contribution < 1.29 is 4.79 Å². The van der Waals surface area contributed by atoms with Gasteiger partial charge in [0.05, 0.1) is 5.25 Å². The fourth-order valence-electron chi connectivity index (χ4n) is 2.73. The molecule has 1 aliphatic rings. The van der Waals surface area contributed by atoms with Gasteiger partial charge in [0.1, 0.15) is 0 Å². The molecule has 2 heterocycles. The Morgan fingerprint density at radius 2 is 1.96 bits per heavy atom. The lowest BCUT2D eigenvalue weighted by Crippen LogP contribution is -2.28. The Balaban J connectivity index is 1.76. The van der Waals surface area contributed by atoms with Crippen LogP contribution in [0.25, 0.3) is 0 Å². The Morgan fingerprint density at radius 1 is 1.26 bits per heavy atom. The number of hydrogen-bond donors (Lipinski definition) is 1. The third-order valence-electron chi connectivity index (χ3n) is 3.96. The number of nitrogens with zero attached hydrogens (tertiary/aromatic N) is 4. The predicted octanol–water partition coefficient (Wildman–Crippen LogP) is 2.65. The molecule has 0 spiro atoms. The van der Waals surface area contributed by atoms with E-state index >= 15 is 0 Å². The number of carbonyl (C=O) groups is 1. The van der Waals surface area contributed by atoms with Gasteiger partial charge in [-0.05, 0) is 39.3 Å². The Labute approximate surface area is 140 Å². The van der Waals surface area contributed by atoms with E-state index in [1.165, 1.54) is 17.3 Å². The number of hydrogen-bond acceptors (Lipinski definition) is 5. The van der Waals surface area contributed by atoms with E-state index in [1.807, 2.05) is 54.5 Å². The van der Waals surface area contributed by atoms with Gasteiger partial charge >= 0.3 is 0 Å². The van der Waals surface area contributed by atoms with Crippen LogP contribution in [0.2, 0.25) is 0 Å². The monoisotopic (exact) mass is 331 g/mol. The Hall–Kier alpha value is -2.02. The number of anilines is 2. The van der Waals surface area contributed by atoms with Crippen LogP contribution in [-0.4, -0.2) is 32.5 Å². The fraction of sp³-hybridized carbons (Fsp3) is 0.438. The van der Waals surface area contributed by atoms with Crippen LogP contribution in [0.1, 0.15) is 31.9 Å². The number of amides is 1.